The molecule has 1 aliphatic heterocycles. The van der Waals surface area contributed by atoms with Gasteiger partial charge in [-0.2, -0.15) is 0 Å². The van der Waals surface area contributed by atoms with Crippen LogP contribution in [0.15, 0.2) is 60.7 Å². The molecule has 7 nitrogen and oxygen atoms in total. The molecule has 0 spiro atoms. The molecular formula is C35H39O7P. The number of hydrogen-bond donors (Lipinski definition) is 0. The fourth-order valence-corrected chi connectivity index (χ4v) is 7.86. The van der Waals surface area contributed by atoms with E-state index in [4.69, 9.17) is 33.2 Å². The summed E-state index contributed by atoms with van der Waals surface area (Å²) in [4.78, 5) is 0. The van der Waals surface area contributed by atoms with Crippen molar-refractivity contribution in [2.24, 2.45) is 0 Å². The van der Waals surface area contributed by atoms with Gasteiger partial charge in [-0.05, 0) is 60.6 Å². The van der Waals surface area contributed by atoms with Crippen LogP contribution in [0.5, 0.6) is 40.2 Å². The Labute approximate surface area is 255 Å². The first-order chi connectivity index (χ1) is 20.7. The topological polar surface area (TPSA) is 64.6 Å². The minimum absolute atomic E-state index is 0.0257. The van der Waals surface area contributed by atoms with E-state index in [2.05, 4.69) is 39.0 Å². The number of rotatable bonds is 9. The monoisotopic (exact) mass is 602 g/mol. The van der Waals surface area contributed by atoms with Crippen LogP contribution in [-0.2, 0) is 0 Å². The minimum atomic E-state index is -0.654. The smallest absolute Gasteiger partial charge is 0.138 e. The first-order valence-electron chi connectivity index (χ1n) is 14.0. The van der Waals surface area contributed by atoms with Gasteiger partial charge in [-0.25, -0.2) is 0 Å². The lowest BCUT2D eigenvalue weighted by Gasteiger charge is -2.29. The Morgan fingerprint density at radius 2 is 1.05 bits per heavy atom. The molecule has 4 aromatic carbocycles. The highest BCUT2D eigenvalue weighted by atomic mass is 31.1. The van der Waals surface area contributed by atoms with Gasteiger partial charge in [-0.3, -0.25) is 0 Å². The summed E-state index contributed by atoms with van der Waals surface area (Å²) in [6.45, 7) is 6.82. The summed E-state index contributed by atoms with van der Waals surface area (Å²) in [7, 11) is 9.31. The SMILES string of the molecule is COc1cc(OC)cc(-c2cc(-c3cc(OC)cc(OC)c3)c(OC)c(-c3cccc4c3P(C(C)(C)C)CO4)c2OC)c1. The van der Waals surface area contributed by atoms with E-state index >= 15 is 0 Å². The minimum Gasteiger partial charge on any atom is -0.497 e. The number of methoxy groups -OCH3 is 6. The third kappa shape index (κ3) is 5.66. The third-order valence-corrected chi connectivity index (χ3v) is 10.7. The second-order valence-electron chi connectivity index (χ2n) is 11.1. The molecule has 1 aliphatic rings. The summed E-state index contributed by atoms with van der Waals surface area (Å²) >= 11 is 0. The van der Waals surface area contributed by atoms with Crippen molar-refractivity contribution in [2.75, 3.05) is 49.0 Å². The average Bonchev–Trinajstić information content (AvgIpc) is 3.48. The van der Waals surface area contributed by atoms with Crippen LogP contribution in [0.2, 0.25) is 0 Å². The normalized spacial score (nSPS) is 14.0. The molecule has 0 aromatic heterocycles. The van der Waals surface area contributed by atoms with Crippen LogP contribution in [0, 0.1) is 0 Å². The second kappa shape index (κ2) is 12.3. The van der Waals surface area contributed by atoms with Gasteiger partial charge in [0.1, 0.15) is 46.6 Å². The largest absolute Gasteiger partial charge is 0.497 e. The molecule has 0 amide bonds. The van der Waals surface area contributed by atoms with Crippen molar-refractivity contribution in [1.82, 2.24) is 0 Å². The molecule has 0 aliphatic carbocycles. The maximum atomic E-state index is 6.29. The zero-order chi connectivity index (χ0) is 30.9. The summed E-state index contributed by atoms with van der Waals surface area (Å²) in [5, 5.41) is 1.23. The van der Waals surface area contributed by atoms with E-state index in [-0.39, 0.29) is 5.16 Å². The van der Waals surface area contributed by atoms with Gasteiger partial charge in [0, 0.05) is 34.1 Å². The number of hydrogen-bond acceptors (Lipinski definition) is 7. The molecule has 0 radical (unpaired) electrons. The lowest BCUT2D eigenvalue weighted by atomic mass is 9.90. The fraction of sp³-hybridized carbons (Fsp3) is 0.314. The molecule has 43 heavy (non-hydrogen) atoms. The predicted octanol–water partition coefficient (Wildman–Crippen LogP) is 7.99. The van der Waals surface area contributed by atoms with Crippen molar-refractivity contribution >= 4 is 13.2 Å². The highest BCUT2D eigenvalue weighted by Gasteiger charge is 2.37. The molecule has 226 valence electrons. The Balaban J connectivity index is 1.94. The van der Waals surface area contributed by atoms with Gasteiger partial charge in [0.25, 0.3) is 0 Å². The summed E-state index contributed by atoms with van der Waals surface area (Å²) in [6, 6.07) is 19.9. The van der Waals surface area contributed by atoms with Gasteiger partial charge in [-0.15, -0.1) is 0 Å². The lowest BCUT2D eigenvalue weighted by molar-refractivity contribution is 0.393. The van der Waals surface area contributed by atoms with Crippen molar-refractivity contribution in [2.45, 2.75) is 25.9 Å². The quantitative estimate of drug-likeness (QED) is 0.180. The zero-order valence-electron chi connectivity index (χ0n) is 26.3. The number of fused-ring (bicyclic) bond motifs is 1. The third-order valence-electron chi connectivity index (χ3n) is 7.66. The average molecular weight is 603 g/mol. The molecular weight excluding hydrogens is 563 g/mol. The molecule has 4 aromatic rings. The summed E-state index contributed by atoms with van der Waals surface area (Å²) in [5.74, 6) is 4.94. The van der Waals surface area contributed by atoms with Gasteiger partial charge in [0.05, 0.1) is 48.2 Å². The summed E-state index contributed by atoms with van der Waals surface area (Å²) < 4.78 is 41.5. The van der Waals surface area contributed by atoms with Gasteiger partial charge < -0.3 is 33.2 Å². The van der Waals surface area contributed by atoms with Crippen LogP contribution in [0.3, 0.4) is 0 Å². The molecule has 0 bridgehead atoms. The second-order valence-corrected chi connectivity index (χ2v) is 14.0. The first kappa shape index (κ1) is 30.4. The van der Waals surface area contributed by atoms with Crippen molar-refractivity contribution in [1.29, 1.82) is 0 Å². The van der Waals surface area contributed by atoms with Crippen LogP contribution >= 0.6 is 7.92 Å². The molecule has 0 saturated heterocycles. The van der Waals surface area contributed by atoms with E-state index in [0.717, 1.165) is 39.1 Å². The highest BCUT2D eigenvalue weighted by molar-refractivity contribution is 7.67. The van der Waals surface area contributed by atoms with E-state index in [1.54, 1.807) is 42.7 Å². The Bertz CT molecular complexity index is 1510. The van der Waals surface area contributed by atoms with Crippen molar-refractivity contribution < 1.29 is 33.2 Å². The van der Waals surface area contributed by atoms with Crippen LogP contribution in [0.1, 0.15) is 20.8 Å². The Kier molecular flexibility index (Phi) is 8.66. The predicted molar refractivity (Wildman–Crippen MR) is 174 cm³/mol. The summed E-state index contributed by atoms with van der Waals surface area (Å²) in [5.41, 5.74) is 5.32. The molecule has 1 heterocycles. The van der Waals surface area contributed by atoms with Crippen LogP contribution in [0.25, 0.3) is 33.4 Å². The van der Waals surface area contributed by atoms with Crippen LogP contribution < -0.4 is 38.5 Å². The number of ether oxygens (including phenoxy) is 7. The Morgan fingerprint density at radius 1 is 0.581 bits per heavy atom. The zero-order valence-corrected chi connectivity index (χ0v) is 27.2. The lowest BCUT2D eigenvalue weighted by Crippen LogP contribution is -2.19. The Morgan fingerprint density at radius 3 is 1.44 bits per heavy atom. The Hall–Kier alpha value is -4.09. The number of benzene rings is 4. The molecule has 8 heteroatoms. The molecule has 0 saturated carbocycles. The molecule has 0 N–H and O–H groups in total. The van der Waals surface area contributed by atoms with E-state index in [0.29, 0.717) is 40.8 Å². The van der Waals surface area contributed by atoms with Crippen LogP contribution in [-0.4, -0.2) is 54.2 Å². The first-order valence-corrected chi connectivity index (χ1v) is 15.5. The van der Waals surface area contributed by atoms with Crippen molar-refractivity contribution in [3.05, 3.63) is 60.7 Å². The molecule has 1 unspecified atom stereocenters. The molecule has 5 rings (SSSR count). The molecule has 1 atom stereocenters. The highest BCUT2D eigenvalue weighted by Crippen LogP contribution is 2.59. The van der Waals surface area contributed by atoms with Crippen molar-refractivity contribution in [3.63, 3.8) is 0 Å². The van der Waals surface area contributed by atoms with E-state index in [1.165, 1.54) is 5.30 Å². The molecule has 0 fully saturated rings. The van der Waals surface area contributed by atoms with E-state index in [9.17, 15) is 0 Å². The van der Waals surface area contributed by atoms with E-state index < -0.39 is 7.92 Å². The van der Waals surface area contributed by atoms with Gasteiger partial charge >= 0.3 is 0 Å². The van der Waals surface area contributed by atoms with Gasteiger partial charge in [0.2, 0.25) is 0 Å². The summed E-state index contributed by atoms with van der Waals surface area (Å²) in [6.07, 6.45) is 0.669. The van der Waals surface area contributed by atoms with Gasteiger partial charge in [0.15, 0.2) is 0 Å². The maximum Gasteiger partial charge on any atom is 0.138 e. The standard InChI is InChI=1S/C35H39O7P/c1-35(2,3)43-20-42-30-12-10-11-27(34(30)43)31-32(40-8)28(21-13-23(36-4)17-24(14-21)37-5)19-29(33(31)41-9)22-15-25(38-6)18-26(16-22)39-7/h10-19H,20H2,1-9H3. The van der Waals surface area contributed by atoms with Gasteiger partial charge in [-0.1, -0.05) is 32.9 Å². The van der Waals surface area contributed by atoms with Crippen LogP contribution in [0.4, 0.5) is 0 Å². The maximum absolute atomic E-state index is 6.29. The van der Waals surface area contributed by atoms with Crippen molar-refractivity contribution in [3.8, 4) is 73.6 Å². The fourth-order valence-electron chi connectivity index (χ4n) is 5.52. The van der Waals surface area contributed by atoms with E-state index in [1.807, 2.05) is 42.5 Å².